The van der Waals surface area contributed by atoms with E-state index >= 15 is 0 Å². The van der Waals surface area contributed by atoms with Gasteiger partial charge in [0.2, 0.25) is 5.91 Å². The monoisotopic (exact) mass is 338 g/mol. The molecule has 0 bridgehead atoms. The number of rotatable bonds is 4. The molecule has 5 nitrogen and oxygen atoms in total. The highest BCUT2D eigenvalue weighted by atomic mass is 32.1. The van der Waals surface area contributed by atoms with Crippen LogP contribution in [0.25, 0.3) is 11.8 Å². The van der Waals surface area contributed by atoms with Crippen LogP contribution in [0.15, 0.2) is 42.6 Å². The summed E-state index contributed by atoms with van der Waals surface area (Å²) in [7, 11) is 0. The highest BCUT2D eigenvalue weighted by Gasteiger charge is 2.11. The van der Waals surface area contributed by atoms with Crippen molar-refractivity contribution >= 4 is 28.5 Å². The van der Waals surface area contributed by atoms with E-state index in [0.29, 0.717) is 5.13 Å². The molecule has 0 spiro atoms. The lowest BCUT2D eigenvalue weighted by Crippen LogP contribution is -2.07. The van der Waals surface area contributed by atoms with Crippen molar-refractivity contribution < 1.29 is 4.79 Å². The first-order valence-corrected chi connectivity index (χ1v) is 8.39. The van der Waals surface area contributed by atoms with Gasteiger partial charge in [0.1, 0.15) is 0 Å². The van der Waals surface area contributed by atoms with Crippen LogP contribution in [0.2, 0.25) is 0 Å². The molecule has 0 aliphatic rings. The van der Waals surface area contributed by atoms with Crippen LogP contribution in [0.5, 0.6) is 0 Å². The summed E-state index contributed by atoms with van der Waals surface area (Å²) >= 11 is 1.45. The van der Waals surface area contributed by atoms with Crippen molar-refractivity contribution in [3.63, 3.8) is 0 Å². The van der Waals surface area contributed by atoms with Crippen LogP contribution in [-0.2, 0) is 4.79 Å². The number of thiazole rings is 1. The maximum Gasteiger partial charge on any atom is 0.250 e. The second kappa shape index (κ2) is 6.80. The SMILES string of the molecule is Cc1cnc(NC(=O)/C=C/c2c(C)nn(-c3ccccc3)c2C)s1. The fourth-order valence-corrected chi connectivity index (χ4v) is 3.10. The number of carbonyl (C=O) groups is 1. The lowest BCUT2D eigenvalue weighted by molar-refractivity contribution is -0.111. The van der Waals surface area contributed by atoms with Gasteiger partial charge in [-0.25, -0.2) is 9.67 Å². The molecular formula is C18H18N4OS. The second-order valence-electron chi connectivity index (χ2n) is 5.43. The molecule has 0 saturated carbocycles. The third-order valence-electron chi connectivity index (χ3n) is 3.60. The molecule has 0 aliphatic carbocycles. The number of aryl methyl sites for hydroxylation is 2. The van der Waals surface area contributed by atoms with Crippen molar-refractivity contribution in [2.75, 3.05) is 5.32 Å². The number of hydrogen-bond donors (Lipinski definition) is 1. The molecule has 0 atom stereocenters. The average Bonchev–Trinajstić information content (AvgIpc) is 3.10. The number of amides is 1. The number of aromatic nitrogens is 3. The van der Waals surface area contributed by atoms with Gasteiger partial charge in [-0.05, 0) is 39.0 Å². The van der Waals surface area contributed by atoms with Gasteiger partial charge in [0, 0.05) is 28.4 Å². The molecule has 24 heavy (non-hydrogen) atoms. The summed E-state index contributed by atoms with van der Waals surface area (Å²) in [6, 6.07) is 9.94. The quantitative estimate of drug-likeness (QED) is 0.734. The van der Waals surface area contributed by atoms with E-state index in [1.807, 2.05) is 55.8 Å². The molecule has 0 aliphatic heterocycles. The van der Waals surface area contributed by atoms with Crippen molar-refractivity contribution in [2.45, 2.75) is 20.8 Å². The zero-order chi connectivity index (χ0) is 17.1. The van der Waals surface area contributed by atoms with Gasteiger partial charge in [0.15, 0.2) is 5.13 Å². The smallest absolute Gasteiger partial charge is 0.250 e. The Labute approximate surface area is 144 Å². The van der Waals surface area contributed by atoms with Crippen molar-refractivity contribution in [2.24, 2.45) is 0 Å². The standard InChI is InChI=1S/C18H18N4OS/c1-12-11-19-18(24-12)20-17(23)10-9-16-13(2)21-22(14(16)3)15-7-5-4-6-8-15/h4-11H,1-3H3,(H,19,20,23)/b10-9+. The van der Waals surface area contributed by atoms with Gasteiger partial charge < -0.3 is 0 Å². The van der Waals surface area contributed by atoms with Crippen LogP contribution in [0.4, 0.5) is 5.13 Å². The van der Waals surface area contributed by atoms with Gasteiger partial charge >= 0.3 is 0 Å². The molecule has 3 rings (SSSR count). The summed E-state index contributed by atoms with van der Waals surface area (Å²) in [6.07, 6.45) is 5.05. The van der Waals surface area contributed by atoms with Crippen LogP contribution in [0.1, 0.15) is 21.8 Å². The molecule has 6 heteroatoms. The fraction of sp³-hybridized carbons (Fsp3) is 0.167. The van der Waals surface area contributed by atoms with E-state index in [1.54, 1.807) is 12.3 Å². The Bertz CT molecular complexity index is 893. The first kappa shape index (κ1) is 16.1. The van der Waals surface area contributed by atoms with Crippen LogP contribution < -0.4 is 5.32 Å². The van der Waals surface area contributed by atoms with Gasteiger partial charge in [0.05, 0.1) is 11.4 Å². The normalized spacial score (nSPS) is 11.1. The topological polar surface area (TPSA) is 59.8 Å². The van der Waals surface area contributed by atoms with Crippen molar-refractivity contribution in [3.05, 3.63) is 64.4 Å². The maximum absolute atomic E-state index is 12.0. The van der Waals surface area contributed by atoms with Gasteiger partial charge in [-0.3, -0.25) is 10.1 Å². The molecule has 0 fully saturated rings. The zero-order valence-electron chi connectivity index (χ0n) is 13.8. The van der Waals surface area contributed by atoms with E-state index < -0.39 is 0 Å². The van der Waals surface area contributed by atoms with E-state index in [1.165, 1.54) is 17.4 Å². The molecular weight excluding hydrogens is 320 g/mol. The Morgan fingerprint density at radius 2 is 1.96 bits per heavy atom. The van der Waals surface area contributed by atoms with Crippen LogP contribution in [0.3, 0.4) is 0 Å². The van der Waals surface area contributed by atoms with E-state index in [9.17, 15) is 4.79 Å². The minimum absolute atomic E-state index is 0.199. The third kappa shape index (κ3) is 3.44. The molecule has 0 radical (unpaired) electrons. The predicted octanol–water partition coefficient (Wildman–Crippen LogP) is 3.91. The summed E-state index contributed by atoms with van der Waals surface area (Å²) < 4.78 is 1.89. The summed E-state index contributed by atoms with van der Waals surface area (Å²) in [5, 5.41) is 7.94. The molecule has 1 amide bonds. The first-order valence-electron chi connectivity index (χ1n) is 7.58. The summed E-state index contributed by atoms with van der Waals surface area (Å²) in [6.45, 7) is 5.89. The van der Waals surface area contributed by atoms with Crippen molar-refractivity contribution in [1.82, 2.24) is 14.8 Å². The fourth-order valence-electron chi connectivity index (χ4n) is 2.44. The maximum atomic E-state index is 12.0. The van der Waals surface area contributed by atoms with Gasteiger partial charge in [0.25, 0.3) is 0 Å². The number of para-hydroxylation sites is 1. The number of carbonyl (C=O) groups excluding carboxylic acids is 1. The number of nitrogens with one attached hydrogen (secondary N) is 1. The highest BCUT2D eigenvalue weighted by molar-refractivity contribution is 7.15. The summed E-state index contributed by atoms with van der Waals surface area (Å²) in [5.41, 5.74) is 3.82. The lowest BCUT2D eigenvalue weighted by Gasteiger charge is -2.03. The lowest BCUT2D eigenvalue weighted by atomic mass is 10.2. The van der Waals surface area contributed by atoms with E-state index in [2.05, 4.69) is 15.4 Å². The number of hydrogen-bond acceptors (Lipinski definition) is 4. The minimum Gasteiger partial charge on any atom is -0.298 e. The molecule has 0 unspecified atom stereocenters. The largest absolute Gasteiger partial charge is 0.298 e. The summed E-state index contributed by atoms with van der Waals surface area (Å²) in [4.78, 5) is 17.2. The second-order valence-corrected chi connectivity index (χ2v) is 6.67. The van der Waals surface area contributed by atoms with Gasteiger partial charge in [-0.1, -0.05) is 18.2 Å². The van der Waals surface area contributed by atoms with Crippen molar-refractivity contribution in [1.29, 1.82) is 0 Å². The first-order chi connectivity index (χ1) is 11.5. The third-order valence-corrected chi connectivity index (χ3v) is 4.43. The number of nitrogens with zero attached hydrogens (tertiary/aromatic N) is 3. The van der Waals surface area contributed by atoms with E-state index in [0.717, 1.165) is 27.5 Å². The van der Waals surface area contributed by atoms with Crippen LogP contribution in [-0.4, -0.2) is 20.7 Å². The Kier molecular flexibility index (Phi) is 4.57. The summed E-state index contributed by atoms with van der Waals surface area (Å²) in [5.74, 6) is -0.199. The highest BCUT2D eigenvalue weighted by Crippen LogP contribution is 2.20. The van der Waals surface area contributed by atoms with Crippen molar-refractivity contribution in [3.8, 4) is 5.69 Å². The van der Waals surface area contributed by atoms with E-state index in [4.69, 9.17) is 0 Å². The van der Waals surface area contributed by atoms with Crippen LogP contribution >= 0.6 is 11.3 Å². The molecule has 0 saturated heterocycles. The molecule has 2 heterocycles. The predicted molar refractivity (Wildman–Crippen MR) is 97.6 cm³/mol. The average molecular weight is 338 g/mol. The Morgan fingerprint density at radius 1 is 1.21 bits per heavy atom. The van der Waals surface area contributed by atoms with Crippen LogP contribution in [0, 0.1) is 20.8 Å². The number of benzene rings is 1. The molecule has 2 aromatic heterocycles. The van der Waals surface area contributed by atoms with Gasteiger partial charge in [-0.2, -0.15) is 5.10 Å². The van der Waals surface area contributed by atoms with Gasteiger partial charge in [-0.15, -0.1) is 11.3 Å². The Hall–Kier alpha value is -2.73. The Balaban J connectivity index is 1.80. The zero-order valence-corrected chi connectivity index (χ0v) is 14.6. The molecule has 1 aromatic carbocycles. The number of anilines is 1. The Morgan fingerprint density at radius 3 is 2.62 bits per heavy atom. The molecule has 3 aromatic rings. The minimum atomic E-state index is -0.199. The molecule has 122 valence electrons. The molecule has 1 N–H and O–H groups in total. The van der Waals surface area contributed by atoms with E-state index in [-0.39, 0.29) is 5.91 Å².